The monoisotopic (exact) mass is 500 g/mol. The summed E-state index contributed by atoms with van der Waals surface area (Å²) in [5, 5.41) is 23.2. The maximum atomic E-state index is 12.7. The molecule has 1 saturated heterocycles. The lowest BCUT2D eigenvalue weighted by Crippen LogP contribution is -2.46. The van der Waals surface area contributed by atoms with Crippen LogP contribution in [0.2, 0.25) is 0 Å². The van der Waals surface area contributed by atoms with Gasteiger partial charge in [-0.05, 0) is 30.5 Å². The molecule has 0 unspecified atom stereocenters. The van der Waals surface area contributed by atoms with E-state index in [9.17, 15) is 14.7 Å². The third-order valence-electron chi connectivity index (χ3n) is 6.45. The van der Waals surface area contributed by atoms with E-state index >= 15 is 0 Å². The van der Waals surface area contributed by atoms with Gasteiger partial charge >= 0.3 is 0 Å². The number of aromatic hydroxyl groups is 1. The Labute approximate surface area is 214 Å². The number of hydrogen-bond acceptors (Lipinski definition) is 9. The molecule has 1 aromatic carbocycles. The van der Waals surface area contributed by atoms with Crippen LogP contribution in [0.3, 0.4) is 0 Å². The Balaban J connectivity index is 1.29. The van der Waals surface area contributed by atoms with Gasteiger partial charge in [0.2, 0.25) is 5.95 Å². The molecule has 1 aliphatic heterocycles. The van der Waals surface area contributed by atoms with E-state index in [0.717, 1.165) is 37.2 Å². The topological polar surface area (TPSA) is 139 Å². The number of nitrogens with zero attached hydrogens (tertiary/aromatic N) is 5. The lowest BCUT2D eigenvalue weighted by atomic mass is 10.1. The minimum Gasteiger partial charge on any atom is -0.507 e. The molecule has 2 fully saturated rings. The van der Waals surface area contributed by atoms with E-state index < -0.39 is 0 Å². The fourth-order valence-corrected chi connectivity index (χ4v) is 4.26. The van der Waals surface area contributed by atoms with E-state index in [2.05, 4.69) is 41.6 Å². The Kier molecular flexibility index (Phi) is 7.00. The summed E-state index contributed by atoms with van der Waals surface area (Å²) in [5.41, 5.74) is 2.51. The summed E-state index contributed by atoms with van der Waals surface area (Å²) in [7, 11) is 0. The normalized spacial score (nSPS) is 15.7. The van der Waals surface area contributed by atoms with Crippen molar-refractivity contribution < 1.29 is 14.7 Å². The molecular weight excluding hydrogens is 472 g/mol. The zero-order valence-corrected chi connectivity index (χ0v) is 20.3. The second-order valence-electron chi connectivity index (χ2n) is 9.21. The van der Waals surface area contributed by atoms with Gasteiger partial charge in [0.15, 0.2) is 12.1 Å². The van der Waals surface area contributed by atoms with Gasteiger partial charge in [-0.1, -0.05) is 12.0 Å². The fourth-order valence-electron chi connectivity index (χ4n) is 4.26. The van der Waals surface area contributed by atoms with Crippen LogP contribution in [0, 0.1) is 12.3 Å². The van der Waals surface area contributed by atoms with Crippen LogP contribution in [0.4, 0.5) is 17.6 Å². The second kappa shape index (κ2) is 10.7. The van der Waals surface area contributed by atoms with Crippen molar-refractivity contribution in [2.24, 2.45) is 0 Å². The summed E-state index contributed by atoms with van der Waals surface area (Å²) in [6, 6.07) is 8.65. The molecule has 4 N–H and O–H groups in total. The highest BCUT2D eigenvalue weighted by molar-refractivity contribution is 5.93. The molecule has 11 heteroatoms. The number of carbonyl (C=O) groups is 2. The van der Waals surface area contributed by atoms with E-state index in [4.69, 9.17) is 6.42 Å². The van der Waals surface area contributed by atoms with Crippen molar-refractivity contribution in [3.8, 4) is 18.1 Å². The first-order chi connectivity index (χ1) is 18.0. The number of aromatic nitrogens is 4. The van der Waals surface area contributed by atoms with E-state index in [1.54, 1.807) is 18.2 Å². The van der Waals surface area contributed by atoms with Crippen molar-refractivity contribution in [1.29, 1.82) is 0 Å². The number of aromatic amines is 1. The quantitative estimate of drug-likeness (QED) is 0.257. The summed E-state index contributed by atoms with van der Waals surface area (Å²) in [6.45, 7) is 3.53. The maximum Gasteiger partial charge on any atom is 0.270 e. The predicted octanol–water partition coefficient (Wildman–Crippen LogP) is 2.02. The summed E-state index contributed by atoms with van der Waals surface area (Å²) in [6.07, 6.45) is 8.26. The van der Waals surface area contributed by atoms with Crippen molar-refractivity contribution in [1.82, 2.24) is 30.4 Å². The molecule has 0 spiro atoms. The summed E-state index contributed by atoms with van der Waals surface area (Å²) in [4.78, 5) is 37.1. The number of carbonyl (C=O) groups excluding carboxylic acids is 2. The number of phenols is 1. The Hall–Kier alpha value is -4.43. The SMILES string of the molecule is C#CCNC(=O)c1cc(Nc2cc(C3CC3)[nH]n2)nc(N2CCN(Cc3ccc(C=O)c(O)c3)CC2)n1. The van der Waals surface area contributed by atoms with Crippen molar-refractivity contribution >= 4 is 29.8 Å². The molecule has 5 rings (SSSR count). The van der Waals surface area contributed by atoms with Gasteiger partial charge in [0.05, 0.1) is 12.1 Å². The number of terminal acetylenes is 1. The largest absolute Gasteiger partial charge is 0.507 e. The fraction of sp³-hybridized carbons (Fsp3) is 0.346. The van der Waals surface area contributed by atoms with Crippen molar-refractivity contribution in [2.75, 3.05) is 42.9 Å². The van der Waals surface area contributed by atoms with Gasteiger partial charge in [-0.15, -0.1) is 6.42 Å². The number of amides is 1. The van der Waals surface area contributed by atoms with Gasteiger partial charge in [-0.2, -0.15) is 10.1 Å². The molecule has 0 bridgehead atoms. The number of benzene rings is 1. The number of piperazine rings is 1. The van der Waals surface area contributed by atoms with Gasteiger partial charge in [0, 0.05) is 56.5 Å². The van der Waals surface area contributed by atoms with E-state index in [0.29, 0.717) is 49.4 Å². The van der Waals surface area contributed by atoms with Crippen molar-refractivity contribution in [3.63, 3.8) is 0 Å². The third kappa shape index (κ3) is 5.87. The van der Waals surface area contributed by atoms with Crippen molar-refractivity contribution in [2.45, 2.75) is 25.3 Å². The maximum absolute atomic E-state index is 12.7. The van der Waals surface area contributed by atoms with Crippen molar-refractivity contribution in [3.05, 3.63) is 52.8 Å². The number of aldehydes is 1. The number of phenolic OH excluding ortho intramolecular Hbond substituents is 1. The van der Waals surface area contributed by atoms with E-state index in [1.807, 2.05) is 17.0 Å². The number of hydrogen-bond donors (Lipinski definition) is 4. The zero-order chi connectivity index (χ0) is 25.8. The average molecular weight is 501 g/mol. The molecule has 37 heavy (non-hydrogen) atoms. The smallest absolute Gasteiger partial charge is 0.270 e. The molecule has 2 aliphatic rings. The summed E-state index contributed by atoms with van der Waals surface area (Å²) in [5.74, 6) is 4.10. The molecule has 3 heterocycles. The molecule has 1 saturated carbocycles. The summed E-state index contributed by atoms with van der Waals surface area (Å²) >= 11 is 0. The highest BCUT2D eigenvalue weighted by Crippen LogP contribution is 2.39. The zero-order valence-electron chi connectivity index (χ0n) is 20.3. The van der Waals surface area contributed by atoms with Gasteiger partial charge < -0.3 is 20.6 Å². The van der Waals surface area contributed by atoms with Gasteiger partial charge in [0.1, 0.15) is 17.3 Å². The van der Waals surface area contributed by atoms with Crippen LogP contribution in [0.1, 0.15) is 50.9 Å². The highest BCUT2D eigenvalue weighted by atomic mass is 16.3. The number of nitrogens with one attached hydrogen (secondary N) is 3. The van der Waals surface area contributed by atoms with Crippen LogP contribution in [-0.2, 0) is 6.54 Å². The summed E-state index contributed by atoms with van der Waals surface area (Å²) < 4.78 is 0. The average Bonchev–Trinajstić information content (AvgIpc) is 3.66. The van der Waals surface area contributed by atoms with Crippen LogP contribution in [0.5, 0.6) is 5.75 Å². The molecule has 1 amide bonds. The Bertz CT molecular complexity index is 1340. The first-order valence-corrected chi connectivity index (χ1v) is 12.2. The molecule has 1 aliphatic carbocycles. The number of anilines is 3. The molecule has 0 radical (unpaired) electrons. The second-order valence-corrected chi connectivity index (χ2v) is 9.21. The van der Waals surface area contributed by atoms with Crippen LogP contribution < -0.4 is 15.5 Å². The van der Waals surface area contributed by atoms with Gasteiger partial charge in [-0.3, -0.25) is 19.6 Å². The molecule has 0 atom stereocenters. The molecule has 3 aromatic rings. The Morgan fingerprint density at radius 2 is 1.97 bits per heavy atom. The minimum absolute atomic E-state index is 0.0133. The Morgan fingerprint density at radius 3 is 2.68 bits per heavy atom. The number of rotatable bonds is 9. The lowest BCUT2D eigenvalue weighted by Gasteiger charge is -2.35. The van der Waals surface area contributed by atoms with Crippen LogP contribution in [0.15, 0.2) is 30.3 Å². The standard InChI is InChI=1S/C26H28N8O3/c1-2-7-27-25(37)21-14-23(29-24-13-20(31-32-24)18-5-6-18)30-26(28-21)34-10-8-33(9-11-34)15-17-3-4-19(16-35)22(36)12-17/h1,3-4,12-14,16,18,36H,5-11,15H2,(H,27,37)(H2,28,29,30,31,32). The van der Waals surface area contributed by atoms with Gasteiger partial charge in [-0.25, -0.2) is 4.98 Å². The molecule has 11 nitrogen and oxygen atoms in total. The van der Waals surface area contributed by atoms with E-state index in [1.165, 1.54) is 0 Å². The Morgan fingerprint density at radius 1 is 1.16 bits per heavy atom. The predicted molar refractivity (Wildman–Crippen MR) is 138 cm³/mol. The van der Waals surface area contributed by atoms with Gasteiger partial charge in [0.25, 0.3) is 5.91 Å². The van der Waals surface area contributed by atoms with Crippen LogP contribution >= 0.6 is 0 Å². The highest BCUT2D eigenvalue weighted by Gasteiger charge is 2.26. The number of H-pyrrole nitrogens is 1. The molecular formula is C26H28N8O3. The first-order valence-electron chi connectivity index (χ1n) is 12.2. The molecule has 190 valence electrons. The van der Waals surface area contributed by atoms with Crippen LogP contribution in [0.25, 0.3) is 0 Å². The third-order valence-corrected chi connectivity index (χ3v) is 6.45. The molecule has 2 aromatic heterocycles. The van der Waals surface area contributed by atoms with Crippen LogP contribution in [-0.4, -0.2) is 75.1 Å². The van der Waals surface area contributed by atoms with E-state index in [-0.39, 0.29) is 29.5 Å². The minimum atomic E-state index is -0.373. The lowest BCUT2D eigenvalue weighted by molar-refractivity contribution is 0.0953. The first kappa shape index (κ1) is 24.3.